The Bertz CT molecular complexity index is 2880. The molecule has 7 aromatic carbocycles. The van der Waals surface area contributed by atoms with E-state index in [1.54, 1.807) is 0 Å². The van der Waals surface area contributed by atoms with E-state index >= 15 is 0 Å². The van der Waals surface area contributed by atoms with Gasteiger partial charge in [0, 0.05) is 33.4 Å². The van der Waals surface area contributed by atoms with Crippen LogP contribution in [0.1, 0.15) is 16.7 Å². The quantitative estimate of drug-likeness (QED) is 0.146. The lowest BCUT2D eigenvalue weighted by atomic mass is 9.92. The van der Waals surface area contributed by atoms with Gasteiger partial charge in [0.2, 0.25) is 0 Å². The largest absolute Gasteiger partial charge is 0.248 e. The molecule has 0 aliphatic rings. The van der Waals surface area contributed by atoms with Gasteiger partial charge >= 0.3 is 0 Å². The van der Waals surface area contributed by atoms with Crippen LogP contribution in [0.3, 0.4) is 0 Å². The molecule has 0 amide bonds. The highest BCUT2D eigenvalue weighted by atomic mass is 14.7. The number of rotatable bonds is 9. The summed E-state index contributed by atoms with van der Waals surface area (Å²) in [6.07, 6.45) is 0. The Morgan fingerprint density at radius 3 is 0.683 bits per heavy atom. The average Bonchev–Trinajstić information content (AvgIpc) is 3.34. The summed E-state index contributed by atoms with van der Waals surface area (Å²) in [6, 6.07) is 77.2. The first-order chi connectivity index (χ1) is 30.9. The summed E-state index contributed by atoms with van der Waals surface area (Å²) in [5.41, 5.74) is 21.9. The van der Waals surface area contributed by atoms with Crippen molar-refractivity contribution >= 4 is 0 Å². The summed E-state index contributed by atoms with van der Waals surface area (Å²) in [5.74, 6) is 0. The Morgan fingerprint density at radius 1 is 0.206 bits per heavy atom. The van der Waals surface area contributed by atoms with Crippen LogP contribution in [0, 0.1) is 20.8 Å². The molecule has 0 fully saturated rings. The van der Waals surface area contributed by atoms with Crippen molar-refractivity contribution in [2.75, 3.05) is 0 Å². The van der Waals surface area contributed by atoms with E-state index in [2.05, 4.69) is 239 Å². The van der Waals surface area contributed by atoms with Gasteiger partial charge in [0.1, 0.15) is 0 Å². The Balaban J connectivity index is 1.26. The van der Waals surface area contributed by atoms with Crippen molar-refractivity contribution < 1.29 is 0 Å². The Morgan fingerprint density at radius 2 is 0.429 bits per heavy atom. The number of nitrogens with zero attached hydrogens (tertiary/aromatic N) is 3. The summed E-state index contributed by atoms with van der Waals surface area (Å²) in [7, 11) is 0. The lowest BCUT2D eigenvalue weighted by molar-refractivity contribution is 1.29. The third-order valence-electron chi connectivity index (χ3n) is 11.9. The predicted molar refractivity (Wildman–Crippen MR) is 263 cm³/mol. The second kappa shape index (κ2) is 17.2. The molecule has 0 bridgehead atoms. The fourth-order valence-electron chi connectivity index (χ4n) is 8.53. The monoisotopic (exact) mass is 807 g/mol. The van der Waals surface area contributed by atoms with E-state index in [9.17, 15) is 0 Å². The van der Waals surface area contributed by atoms with E-state index in [0.717, 1.165) is 84.2 Å². The third kappa shape index (κ3) is 8.25. The normalized spacial score (nSPS) is 11.1. The number of aromatic nitrogens is 3. The molecular formula is C60H45N3. The van der Waals surface area contributed by atoms with Crippen molar-refractivity contribution in [1.82, 2.24) is 15.0 Å². The van der Waals surface area contributed by atoms with Gasteiger partial charge in [-0.1, -0.05) is 164 Å². The van der Waals surface area contributed by atoms with Gasteiger partial charge in [-0.05, 0) is 125 Å². The number of aryl methyl sites for hydroxylation is 3. The standard InChI is InChI=1S/C60H45N3/c1-40-19-13-16-28-52(40)46-34-55(43-22-7-4-8-23-43)61-58(37-46)49-31-50(59-38-47(53-29-17-14-20-41(53)2)35-56(62-59)44-24-9-5-10-25-44)33-51(32-49)60-39-48(54-30-18-15-21-42(54)3)36-57(63-60)45-26-11-6-12-27-45/h4-39H,1-3H3. The SMILES string of the molecule is Cc1ccccc1-c1cc(-c2ccccc2)nc(-c2cc(-c3cc(-c4ccccc4C)cc(-c4ccccc4)n3)cc(-c3cc(-c4ccccc4C)cc(-c4ccccc4)n3)c2)c1. The molecule has 0 atom stereocenters. The molecule has 63 heavy (non-hydrogen) atoms. The maximum absolute atomic E-state index is 5.44. The fourth-order valence-corrected chi connectivity index (χ4v) is 8.53. The number of benzene rings is 7. The highest BCUT2D eigenvalue weighted by Crippen LogP contribution is 2.39. The van der Waals surface area contributed by atoms with Crippen LogP contribution in [0.5, 0.6) is 0 Å². The van der Waals surface area contributed by atoms with Crippen LogP contribution in [0.2, 0.25) is 0 Å². The van der Waals surface area contributed by atoms with Gasteiger partial charge in [-0.25, -0.2) is 15.0 Å². The molecule has 300 valence electrons. The summed E-state index contributed by atoms with van der Waals surface area (Å²) >= 11 is 0. The number of pyridine rings is 3. The van der Waals surface area contributed by atoms with Crippen LogP contribution in [0.15, 0.2) is 218 Å². The molecule has 0 saturated heterocycles. The lowest BCUT2D eigenvalue weighted by Gasteiger charge is -2.16. The number of hydrogen-bond acceptors (Lipinski definition) is 3. The maximum atomic E-state index is 5.44. The summed E-state index contributed by atoms with van der Waals surface area (Å²) in [6.45, 7) is 6.52. The zero-order valence-corrected chi connectivity index (χ0v) is 35.6. The van der Waals surface area contributed by atoms with Crippen molar-refractivity contribution in [1.29, 1.82) is 0 Å². The van der Waals surface area contributed by atoms with Gasteiger partial charge in [0.25, 0.3) is 0 Å². The fraction of sp³-hybridized carbons (Fsp3) is 0.0500. The van der Waals surface area contributed by atoms with E-state index in [-0.39, 0.29) is 0 Å². The van der Waals surface area contributed by atoms with Crippen LogP contribution < -0.4 is 0 Å². The highest BCUT2D eigenvalue weighted by molar-refractivity contribution is 5.86. The van der Waals surface area contributed by atoms with Crippen LogP contribution in [0.25, 0.3) is 101 Å². The zero-order valence-electron chi connectivity index (χ0n) is 35.6. The van der Waals surface area contributed by atoms with Gasteiger partial charge in [-0.3, -0.25) is 0 Å². The van der Waals surface area contributed by atoms with Crippen LogP contribution >= 0.6 is 0 Å². The van der Waals surface area contributed by atoms with Crippen LogP contribution in [-0.4, -0.2) is 15.0 Å². The molecular weight excluding hydrogens is 763 g/mol. The molecule has 0 unspecified atom stereocenters. The molecule has 3 heteroatoms. The minimum atomic E-state index is 0.870. The molecule has 0 aliphatic carbocycles. The second-order valence-corrected chi connectivity index (χ2v) is 16.2. The Kier molecular flexibility index (Phi) is 10.7. The molecule has 0 aliphatic heterocycles. The van der Waals surface area contributed by atoms with Crippen LogP contribution in [-0.2, 0) is 0 Å². The number of hydrogen-bond donors (Lipinski definition) is 0. The van der Waals surface area contributed by atoms with E-state index in [0.29, 0.717) is 0 Å². The van der Waals surface area contributed by atoms with Crippen molar-refractivity contribution in [3.63, 3.8) is 0 Å². The van der Waals surface area contributed by atoms with Crippen molar-refractivity contribution in [2.24, 2.45) is 0 Å². The second-order valence-electron chi connectivity index (χ2n) is 16.2. The Labute approximate surface area is 370 Å². The molecule has 3 heterocycles. The maximum Gasteiger partial charge on any atom is 0.0716 e. The minimum Gasteiger partial charge on any atom is -0.248 e. The molecule has 0 N–H and O–H groups in total. The minimum absolute atomic E-state index is 0.870. The van der Waals surface area contributed by atoms with E-state index in [1.165, 1.54) is 33.4 Å². The van der Waals surface area contributed by atoms with Gasteiger partial charge in [-0.2, -0.15) is 0 Å². The van der Waals surface area contributed by atoms with Crippen LogP contribution in [0.4, 0.5) is 0 Å². The van der Waals surface area contributed by atoms with Gasteiger partial charge < -0.3 is 0 Å². The van der Waals surface area contributed by atoms with E-state index in [4.69, 9.17) is 15.0 Å². The summed E-state index contributed by atoms with van der Waals surface area (Å²) in [5, 5.41) is 0. The van der Waals surface area contributed by atoms with E-state index < -0.39 is 0 Å². The van der Waals surface area contributed by atoms with Crippen molar-refractivity contribution in [3.05, 3.63) is 235 Å². The third-order valence-corrected chi connectivity index (χ3v) is 11.9. The molecule has 10 rings (SSSR count). The highest BCUT2D eigenvalue weighted by Gasteiger charge is 2.18. The molecule has 0 saturated carbocycles. The summed E-state index contributed by atoms with van der Waals surface area (Å²) in [4.78, 5) is 16.3. The molecule has 10 aromatic rings. The topological polar surface area (TPSA) is 38.7 Å². The van der Waals surface area contributed by atoms with Gasteiger partial charge in [0.15, 0.2) is 0 Å². The average molecular weight is 808 g/mol. The Hall–Kier alpha value is -8.01. The van der Waals surface area contributed by atoms with Crippen molar-refractivity contribution in [3.8, 4) is 101 Å². The van der Waals surface area contributed by atoms with E-state index in [1.807, 2.05) is 0 Å². The molecule has 0 spiro atoms. The lowest BCUT2D eigenvalue weighted by Crippen LogP contribution is -1.97. The smallest absolute Gasteiger partial charge is 0.0716 e. The zero-order chi connectivity index (χ0) is 42.7. The molecule has 3 aromatic heterocycles. The molecule has 0 radical (unpaired) electrons. The van der Waals surface area contributed by atoms with Gasteiger partial charge in [0.05, 0.1) is 34.2 Å². The molecule has 3 nitrogen and oxygen atoms in total. The first-order valence-electron chi connectivity index (χ1n) is 21.5. The van der Waals surface area contributed by atoms with Gasteiger partial charge in [-0.15, -0.1) is 0 Å². The van der Waals surface area contributed by atoms with Crippen molar-refractivity contribution in [2.45, 2.75) is 20.8 Å². The first kappa shape index (κ1) is 39.1. The predicted octanol–water partition coefficient (Wildman–Crippen LogP) is 15.8. The first-order valence-corrected chi connectivity index (χ1v) is 21.5. The summed E-state index contributed by atoms with van der Waals surface area (Å²) < 4.78 is 0.